The van der Waals surface area contributed by atoms with Crippen molar-refractivity contribution in [2.24, 2.45) is 5.92 Å². The smallest absolute Gasteiger partial charge is 0.131 e. The molecule has 1 aromatic carbocycles. The van der Waals surface area contributed by atoms with Crippen molar-refractivity contribution in [3.8, 4) is 0 Å². The van der Waals surface area contributed by atoms with Crippen molar-refractivity contribution >= 4 is 7.28 Å². The van der Waals surface area contributed by atoms with Gasteiger partial charge in [-0.15, -0.1) is 0 Å². The van der Waals surface area contributed by atoms with Crippen LogP contribution in [0.1, 0.15) is 50.1 Å². The number of benzene rings is 1. The minimum atomic E-state index is -0.0963. The summed E-state index contributed by atoms with van der Waals surface area (Å²) in [7, 11) is 1.18. The number of nitrogens with one attached hydrogen (secondary N) is 1. The van der Waals surface area contributed by atoms with Gasteiger partial charge in [0.1, 0.15) is 13.1 Å². The lowest BCUT2D eigenvalue weighted by Gasteiger charge is -2.35. The fraction of sp³-hybridized carbons (Fsp3) is 0.647. The molecule has 110 valence electrons. The van der Waals surface area contributed by atoms with Crippen molar-refractivity contribution in [2.45, 2.75) is 58.2 Å². The number of hydrogen-bond acceptors (Lipinski definition) is 1. The lowest BCUT2D eigenvalue weighted by Crippen LogP contribution is -2.39. The molecule has 1 heterocycles. The number of aryl methyl sites for hydroxylation is 1. The van der Waals surface area contributed by atoms with E-state index in [0.29, 0.717) is 17.8 Å². The van der Waals surface area contributed by atoms with Gasteiger partial charge in [-0.25, -0.2) is 4.39 Å². The Hall–Kier alpha value is -0.825. The van der Waals surface area contributed by atoms with Gasteiger partial charge in [0, 0.05) is 6.04 Å². The normalized spacial score (nSPS) is 26.3. The number of unbranched alkanes of at least 4 members (excludes halogenated alkanes) is 1. The standard InChI is InChI=1S/C17H27BFN/c1-4-5-8-20-15-9-13(3)17(18-11-15)16-10-14(19)7-6-12(16)2/h6-7,10,13,15,17-18,20H,4-5,8-9,11H2,1-3H3/t13?,15?,17-/m0/s1. The molecule has 1 saturated heterocycles. The largest absolute Gasteiger partial charge is 0.315 e. The number of hydrogen-bond donors (Lipinski definition) is 1. The van der Waals surface area contributed by atoms with Gasteiger partial charge in [0.05, 0.1) is 0 Å². The summed E-state index contributed by atoms with van der Waals surface area (Å²) < 4.78 is 13.5. The molecule has 0 amide bonds. The van der Waals surface area contributed by atoms with E-state index >= 15 is 0 Å². The zero-order valence-corrected chi connectivity index (χ0v) is 13.1. The maximum absolute atomic E-state index is 13.5. The van der Waals surface area contributed by atoms with Gasteiger partial charge in [-0.05, 0) is 61.3 Å². The van der Waals surface area contributed by atoms with Gasteiger partial charge in [-0.1, -0.05) is 32.7 Å². The summed E-state index contributed by atoms with van der Waals surface area (Å²) in [4.78, 5) is 0. The highest BCUT2D eigenvalue weighted by Crippen LogP contribution is 2.35. The third-order valence-corrected chi connectivity index (χ3v) is 4.77. The topological polar surface area (TPSA) is 12.0 Å². The average molecular weight is 275 g/mol. The van der Waals surface area contributed by atoms with E-state index in [2.05, 4.69) is 26.1 Å². The fourth-order valence-electron chi connectivity index (χ4n) is 3.54. The second kappa shape index (κ2) is 7.26. The summed E-state index contributed by atoms with van der Waals surface area (Å²) in [5.41, 5.74) is 2.46. The van der Waals surface area contributed by atoms with E-state index in [1.54, 1.807) is 12.1 Å². The molecule has 0 bridgehead atoms. The van der Waals surface area contributed by atoms with Crippen molar-refractivity contribution in [2.75, 3.05) is 6.54 Å². The molecule has 0 saturated carbocycles. The molecule has 0 aliphatic carbocycles. The Kier molecular flexibility index (Phi) is 5.65. The van der Waals surface area contributed by atoms with Crippen LogP contribution in [0.2, 0.25) is 6.32 Å². The highest BCUT2D eigenvalue weighted by atomic mass is 19.1. The van der Waals surface area contributed by atoms with Crippen LogP contribution in [0.5, 0.6) is 0 Å². The van der Waals surface area contributed by atoms with Crippen LogP contribution in [0, 0.1) is 18.7 Å². The van der Waals surface area contributed by atoms with Gasteiger partial charge in [0.15, 0.2) is 0 Å². The second-order valence-corrected chi connectivity index (χ2v) is 6.40. The van der Waals surface area contributed by atoms with E-state index in [4.69, 9.17) is 0 Å². The molecule has 0 aromatic heterocycles. The predicted molar refractivity (Wildman–Crippen MR) is 86.3 cm³/mol. The third kappa shape index (κ3) is 3.85. The average Bonchev–Trinajstić information content (AvgIpc) is 2.42. The van der Waals surface area contributed by atoms with E-state index in [9.17, 15) is 4.39 Å². The van der Waals surface area contributed by atoms with Gasteiger partial charge in [0.2, 0.25) is 0 Å². The van der Waals surface area contributed by atoms with E-state index in [-0.39, 0.29) is 5.82 Å². The molecule has 1 aliphatic heterocycles. The Balaban J connectivity index is 1.97. The van der Waals surface area contributed by atoms with Gasteiger partial charge in [-0.3, -0.25) is 0 Å². The summed E-state index contributed by atoms with van der Waals surface area (Å²) in [6.45, 7) is 7.79. The van der Waals surface area contributed by atoms with Gasteiger partial charge in [-0.2, -0.15) is 0 Å². The maximum Gasteiger partial charge on any atom is 0.131 e. The predicted octanol–water partition coefficient (Wildman–Crippen LogP) is 3.83. The van der Waals surface area contributed by atoms with Crippen LogP contribution in [-0.4, -0.2) is 19.9 Å². The van der Waals surface area contributed by atoms with Crippen molar-refractivity contribution in [3.05, 3.63) is 35.1 Å². The highest BCUT2D eigenvalue weighted by Gasteiger charge is 2.30. The summed E-state index contributed by atoms with van der Waals surface area (Å²) in [6, 6.07) is 5.90. The van der Waals surface area contributed by atoms with Gasteiger partial charge < -0.3 is 5.32 Å². The van der Waals surface area contributed by atoms with Crippen molar-refractivity contribution in [3.63, 3.8) is 0 Å². The highest BCUT2D eigenvalue weighted by molar-refractivity contribution is 6.38. The van der Waals surface area contributed by atoms with Crippen LogP contribution in [-0.2, 0) is 0 Å². The third-order valence-electron chi connectivity index (χ3n) is 4.77. The van der Waals surface area contributed by atoms with Crippen molar-refractivity contribution in [1.82, 2.24) is 5.32 Å². The van der Waals surface area contributed by atoms with E-state index < -0.39 is 0 Å². The molecule has 1 nitrogen and oxygen atoms in total. The number of halogens is 1. The Morgan fingerprint density at radius 1 is 1.40 bits per heavy atom. The van der Waals surface area contributed by atoms with Crippen LogP contribution in [0.15, 0.2) is 18.2 Å². The Morgan fingerprint density at radius 2 is 2.20 bits per heavy atom. The van der Waals surface area contributed by atoms with Crippen LogP contribution in [0.25, 0.3) is 0 Å². The molecule has 2 rings (SSSR count). The zero-order chi connectivity index (χ0) is 14.5. The van der Waals surface area contributed by atoms with Crippen LogP contribution < -0.4 is 5.32 Å². The van der Waals surface area contributed by atoms with E-state index in [1.807, 2.05) is 6.07 Å². The lowest BCUT2D eigenvalue weighted by atomic mass is 9.48. The maximum atomic E-state index is 13.5. The Bertz CT molecular complexity index is 435. The van der Waals surface area contributed by atoms with Crippen molar-refractivity contribution in [1.29, 1.82) is 0 Å². The molecule has 1 aromatic rings. The molecule has 1 aliphatic rings. The Morgan fingerprint density at radius 3 is 2.90 bits per heavy atom. The minimum Gasteiger partial charge on any atom is -0.315 e. The lowest BCUT2D eigenvalue weighted by molar-refractivity contribution is 0.384. The second-order valence-electron chi connectivity index (χ2n) is 6.40. The van der Waals surface area contributed by atoms with Crippen LogP contribution in [0.4, 0.5) is 4.39 Å². The Labute approximate surface area is 123 Å². The number of rotatable bonds is 5. The summed E-state index contributed by atoms with van der Waals surface area (Å²) in [5.74, 6) is 1.05. The van der Waals surface area contributed by atoms with Crippen LogP contribution in [0.3, 0.4) is 0 Å². The molecule has 3 atom stereocenters. The molecule has 2 unspecified atom stereocenters. The molecule has 20 heavy (non-hydrogen) atoms. The molecule has 0 spiro atoms. The zero-order valence-electron chi connectivity index (χ0n) is 13.1. The molecular formula is C17H27BFN. The fourth-order valence-corrected chi connectivity index (χ4v) is 3.54. The first-order valence-corrected chi connectivity index (χ1v) is 8.11. The first kappa shape index (κ1) is 15.6. The minimum absolute atomic E-state index is 0.0963. The summed E-state index contributed by atoms with van der Waals surface area (Å²) >= 11 is 0. The molecule has 0 radical (unpaired) electrons. The summed E-state index contributed by atoms with van der Waals surface area (Å²) in [5, 5.41) is 3.68. The molecule has 1 fully saturated rings. The SMILES string of the molecule is CCCCNC1CB[C@H](c2cc(F)ccc2C)C(C)C1. The quantitative estimate of drug-likeness (QED) is 0.636. The summed E-state index contributed by atoms with van der Waals surface area (Å²) in [6.07, 6.45) is 4.94. The first-order chi connectivity index (χ1) is 9.61. The van der Waals surface area contributed by atoms with Crippen molar-refractivity contribution < 1.29 is 4.39 Å². The molecular weight excluding hydrogens is 248 g/mol. The van der Waals surface area contributed by atoms with Gasteiger partial charge in [0.25, 0.3) is 0 Å². The van der Waals surface area contributed by atoms with Gasteiger partial charge >= 0.3 is 0 Å². The van der Waals surface area contributed by atoms with E-state index in [1.165, 1.54) is 44.0 Å². The molecule has 1 N–H and O–H groups in total. The monoisotopic (exact) mass is 275 g/mol. The van der Waals surface area contributed by atoms with E-state index in [0.717, 1.165) is 6.54 Å². The first-order valence-electron chi connectivity index (χ1n) is 8.11. The molecule has 3 heteroatoms. The van der Waals surface area contributed by atoms with Crippen LogP contribution >= 0.6 is 0 Å².